The molecule has 4 heteroatoms. The van der Waals surface area contributed by atoms with Gasteiger partial charge in [-0.05, 0) is 29.7 Å². The molecule has 2 aromatic carbocycles. The normalized spacial score (nSPS) is 10.5. The van der Waals surface area contributed by atoms with Gasteiger partial charge in [-0.2, -0.15) is 0 Å². The molecule has 0 aromatic heterocycles. The first-order valence-corrected chi connectivity index (χ1v) is 6.95. The van der Waals surface area contributed by atoms with E-state index in [2.05, 4.69) is 24.5 Å². The van der Waals surface area contributed by atoms with Crippen molar-refractivity contribution in [3.63, 3.8) is 0 Å². The summed E-state index contributed by atoms with van der Waals surface area (Å²) in [4.78, 5) is 11.9. The summed E-state index contributed by atoms with van der Waals surface area (Å²) < 4.78 is 13.4. The standard InChI is InChI=1S/C17H19FN2O/c1-12(2)13-7-3-5-9-15(13)19-11-17(21)20-16-10-6-4-8-14(16)18/h3-10,12,19H,11H2,1-2H3,(H,20,21). The van der Waals surface area contributed by atoms with Gasteiger partial charge in [-0.1, -0.05) is 44.2 Å². The van der Waals surface area contributed by atoms with Gasteiger partial charge in [0.05, 0.1) is 12.2 Å². The molecule has 0 aliphatic carbocycles. The summed E-state index contributed by atoms with van der Waals surface area (Å²) in [6.45, 7) is 4.29. The van der Waals surface area contributed by atoms with E-state index in [0.29, 0.717) is 5.92 Å². The lowest BCUT2D eigenvalue weighted by molar-refractivity contribution is -0.114. The molecule has 0 atom stereocenters. The number of amides is 1. The summed E-state index contributed by atoms with van der Waals surface area (Å²) in [6, 6.07) is 14.0. The zero-order valence-corrected chi connectivity index (χ0v) is 12.2. The number of carbonyl (C=O) groups excluding carboxylic acids is 1. The summed E-state index contributed by atoms with van der Waals surface area (Å²) in [5.74, 6) is -0.351. The molecule has 1 amide bonds. The molecular formula is C17H19FN2O. The topological polar surface area (TPSA) is 41.1 Å². The van der Waals surface area contributed by atoms with Gasteiger partial charge in [-0.15, -0.1) is 0 Å². The molecule has 110 valence electrons. The fraction of sp³-hybridized carbons (Fsp3) is 0.235. The fourth-order valence-corrected chi connectivity index (χ4v) is 2.09. The highest BCUT2D eigenvalue weighted by Gasteiger charge is 2.09. The van der Waals surface area contributed by atoms with E-state index >= 15 is 0 Å². The molecule has 3 nitrogen and oxygen atoms in total. The van der Waals surface area contributed by atoms with Crippen molar-refractivity contribution >= 4 is 17.3 Å². The monoisotopic (exact) mass is 286 g/mol. The first-order chi connectivity index (χ1) is 10.1. The van der Waals surface area contributed by atoms with Crippen LogP contribution in [-0.4, -0.2) is 12.5 Å². The number of benzene rings is 2. The molecule has 2 aromatic rings. The summed E-state index contributed by atoms with van der Waals surface area (Å²) in [5, 5.41) is 5.65. The number of anilines is 2. The quantitative estimate of drug-likeness (QED) is 0.872. The molecule has 0 saturated carbocycles. The Morgan fingerprint density at radius 3 is 2.33 bits per heavy atom. The van der Waals surface area contributed by atoms with E-state index < -0.39 is 5.82 Å². The van der Waals surface area contributed by atoms with Crippen LogP contribution in [0.2, 0.25) is 0 Å². The first-order valence-electron chi connectivity index (χ1n) is 6.95. The van der Waals surface area contributed by atoms with Gasteiger partial charge in [0, 0.05) is 5.69 Å². The lowest BCUT2D eigenvalue weighted by Crippen LogP contribution is -2.22. The maximum atomic E-state index is 13.4. The Morgan fingerprint density at radius 1 is 1.05 bits per heavy atom. The molecule has 0 saturated heterocycles. The smallest absolute Gasteiger partial charge is 0.243 e. The van der Waals surface area contributed by atoms with Crippen molar-refractivity contribution in [3.05, 3.63) is 59.9 Å². The van der Waals surface area contributed by atoms with Crippen LogP contribution in [0.25, 0.3) is 0 Å². The van der Waals surface area contributed by atoms with Crippen LogP contribution in [0.1, 0.15) is 25.3 Å². The van der Waals surface area contributed by atoms with Gasteiger partial charge in [0.25, 0.3) is 0 Å². The number of rotatable bonds is 5. The van der Waals surface area contributed by atoms with E-state index in [1.807, 2.05) is 24.3 Å². The summed E-state index contributed by atoms with van der Waals surface area (Å²) >= 11 is 0. The Hall–Kier alpha value is -2.36. The minimum absolute atomic E-state index is 0.0953. The van der Waals surface area contributed by atoms with E-state index in [9.17, 15) is 9.18 Å². The minimum atomic E-state index is -0.437. The molecule has 2 rings (SSSR count). The SMILES string of the molecule is CC(C)c1ccccc1NCC(=O)Nc1ccccc1F. The highest BCUT2D eigenvalue weighted by atomic mass is 19.1. The van der Waals surface area contributed by atoms with Crippen molar-refractivity contribution in [3.8, 4) is 0 Å². The van der Waals surface area contributed by atoms with E-state index in [0.717, 1.165) is 11.3 Å². The van der Waals surface area contributed by atoms with Crippen LogP contribution >= 0.6 is 0 Å². The van der Waals surface area contributed by atoms with Gasteiger partial charge >= 0.3 is 0 Å². The molecule has 0 radical (unpaired) electrons. The van der Waals surface area contributed by atoms with Crippen LogP contribution in [0.3, 0.4) is 0 Å². The van der Waals surface area contributed by atoms with Crippen LogP contribution in [0.15, 0.2) is 48.5 Å². The van der Waals surface area contributed by atoms with Crippen molar-refractivity contribution in [1.82, 2.24) is 0 Å². The van der Waals surface area contributed by atoms with Crippen molar-refractivity contribution < 1.29 is 9.18 Å². The van der Waals surface area contributed by atoms with Gasteiger partial charge in [-0.25, -0.2) is 4.39 Å². The van der Waals surface area contributed by atoms with Crippen LogP contribution in [0, 0.1) is 5.82 Å². The molecule has 0 bridgehead atoms. The minimum Gasteiger partial charge on any atom is -0.376 e. The Morgan fingerprint density at radius 2 is 1.67 bits per heavy atom. The second-order valence-electron chi connectivity index (χ2n) is 5.12. The molecule has 0 unspecified atom stereocenters. The Bertz CT molecular complexity index is 626. The Kier molecular flexibility index (Phi) is 4.93. The fourth-order valence-electron chi connectivity index (χ4n) is 2.09. The molecule has 0 fully saturated rings. The maximum absolute atomic E-state index is 13.4. The number of hydrogen-bond donors (Lipinski definition) is 2. The van der Waals surface area contributed by atoms with Gasteiger partial charge < -0.3 is 10.6 Å². The maximum Gasteiger partial charge on any atom is 0.243 e. The Labute approximate surface area is 124 Å². The number of nitrogens with one attached hydrogen (secondary N) is 2. The lowest BCUT2D eigenvalue weighted by Gasteiger charge is -2.14. The molecule has 0 aliphatic rings. The third kappa shape index (κ3) is 4.05. The van der Waals surface area contributed by atoms with E-state index in [-0.39, 0.29) is 18.1 Å². The zero-order chi connectivity index (χ0) is 15.2. The highest BCUT2D eigenvalue weighted by Crippen LogP contribution is 2.23. The second-order valence-corrected chi connectivity index (χ2v) is 5.12. The van der Waals surface area contributed by atoms with Gasteiger partial charge in [-0.3, -0.25) is 4.79 Å². The van der Waals surface area contributed by atoms with Crippen LogP contribution in [0.4, 0.5) is 15.8 Å². The van der Waals surface area contributed by atoms with Crippen molar-refractivity contribution in [2.45, 2.75) is 19.8 Å². The highest BCUT2D eigenvalue weighted by molar-refractivity contribution is 5.93. The van der Waals surface area contributed by atoms with Crippen molar-refractivity contribution in [2.24, 2.45) is 0 Å². The van der Waals surface area contributed by atoms with Gasteiger partial charge in [0.2, 0.25) is 5.91 Å². The third-order valence-corrected chi connectivity index (χ3v) is 3.17. The first kappa shape index (κ1) is 15.0. The Balaban J connectivity index is 1.97. The van der Waals surface area contributed by atoms with E-state index in [4.69, 9.17) is 0 Å². The van der Waals surface area contributed by atoms with Gasteiger partial charge in [0.1, 0.15) is 5.82 Å². The molecular weight excluding hydrogens is 267 g/mol. The van der Waals surface area contributed by atoms with Crippen LogP contribution in [-0.2, 0) is 4.79 Å². The van der Waals surface area contributed by atoms with Crippen LogP contribution in [0.5, 0.6) is 0 Å². The summed E-state index contributed by atoms with van der Waals surface area (Å²) in [5.41, 5.74) is 2.27. The molecule has 2 N–H and O–H groups in total. The number of carbonyl (C=O) groups is 1. The summed E-state index contributed by atoms with van der Waals surface area (Å²) in [7, 11) is 0. The van der Waals surface area contributed by atoms with Gasteiger partial charge in [0.15, 0.2) is 0 Å². The third-order valence-electron chi connectivity index (χ3n) is 3.17. The van der Waals surface area contributed by atoms with Crippen molar-refractivity contribution in [1.29, 1.82) is 0 Å². The predicted octanol–water partition coefficient (Wildman–Crippen LogP) is 4.00. The number of para-hydroxylation sites is 2. The average Bonchev–Trinajstić information content (AvgIpc) is 2.48. The number of halogens is 1. The van der Waals surface area contributed by atoms with E-state index in [1.165, 1.54) is 12.1 Å². The average molecular weight is 286 g/mol. The molecule has 0 spiro atoms. The summed E-state index contributed by atoms with van der Waals surface area (Å²) in [6.07, 6.45) is 0. The zero-order valence-electron chi connectivity index (χ0n) is 12.2. The predicted molar refractivity (Wildman–Crippen MR) is 84.1 cm³/mol. The second kappa shape index (κ2) is 6.88. The van der Waals surface area contributed by atoms with Crippen LogP contribution < -0.4 is 10.6 Å². The van der Waals surface area contributed by atoms with E-state index in [1.54, 1.807) is 12.1 Å². The molecule has 21 heavy (non-hydrogen) atoms. The lowest BCUT2D eigenvalue weighted by atomic mass is 10.0. The molecule has 0 aliphatic heterocycles. The number of hydrogen-bond acceptors (Lipinski definition) is 2. The molecule has 0 heterocycles. The largest absolute Gasteiger partial charge is 0.376 e. The van der Waals surface area contributed by atoms with Crippen molar-refractivity contribution in [2.75, 3.05) is 17.2 Å².